The fourth-order valence-electron chi connectivity index (χ4n) is 1.06. The smallest absolute Gasteiger partial charge is 0.397 e. The molecule has 0 fully saturated rings. The molecule has 0 aliphatic heterocycles. The van der Waals surface area contributed by atoms with Gasteiger partial charge in [0.15, 0.2) is 5.78 Å². The van der Waals surface area contributed by atoms with Gasteiger partial charge in [-0.25, -0.2) is 0 Å². The Morgan fingerprint density at radius 1 is 1.40 bits per heavy atom. The van der Waals surface area contributed by atoms with Gasteiger partial charge in [0.25, 0.3) is 0 Å². The van der Waals surface area contributed by atoms with E-state index in [1.807, 2.05) is 0 Å². The molecule has 0 heterocycles. The van der Waals surface area contributed by atoms with Gasteiger partial charge in [0, 0.05) is 10.0 Å². The molecule has 0 atom stereocenters. The molecule has 2 N–H and O–H groups in total. The maximum Gasteiger partial charge on any atom is 0.418 e. The van der Waals surface area contributed by atoms with E-state index >= 15 is 0 Å². The van der Waals surface area contributed by atoms with Gasteiger partial charge in [-0.15, -0.1) is 0 Å². The van der Waals surface area contributed by atoms with Gasteiger partial charge in [-0.1, -0.05) is 0 Å². The summed E-state index contributed by atoms with van der Waals surface area (Å²) in [5, 5.41) is 0. The van der Waals surface area contributed by atoms with E-state index in [1.54, 1.807) is 0 Å². The minimum absolute atomic E-state index is 0.0246. The zero-order chi connectivity index (χ0) is 11.8. The third-order valence-electron chi connectivity index (χ3n) is 1.84. The van der Waals surface area contributed by atoms with Gasteiger partial charge >= 0.3 is 6.18 Å². The molecule has 82 valence electrons. The highest BCUT2D eigenvalue weighted by Crippen LogP contribution is 2.37. The summed E-state index contributed by atoms with van der Waals surface area (Å²) in [5.41, 5.74) is 3.83. The number of hydrogen-bond donors (Lipinski definition) is 1. The molecule has 0 saturated carbocycles. The number of alkyl halides is 3. The average molecular weight is 282 g/mol. The number of halogens is 4. The van der Waals surface area contributed by atoms with Crippen molar-refractivity contribution in [3.8, 4) is 0 Å². The molecule has 15 heavy (non-hydrogen) atoms. The Kier molecular flexibility index (Phi) is 3.08. The molecule has 0 amide bonds. The summed E-state index contributed by atoms with van der Waals surface area (Å²) < 4.78 is 37.5. The van der Waals surface area contributed by atoms with Crippen LogP contribution in [0.3, 0.4) is 0 Å². The second-order valence-corrected chi connectivity index (χ2v) is 3.83. The van der Waals surface area contributed by atoms with E-state index in [9.17, 15) is 18.0 Å². The van der Waals surface area contributed by atoms with Crippen LogP contribution in [0.5, 0.6) is 0 Å². The molecule has 1 aromatic rings. The van der Waals surface area contributed by atoms with Gasteiger partial charge < -0.3 is 5.73 Å². The maximum atomic E-state index is 12.5. The number of hydrogen-bond acceptors (Lipinski definition) is 2. The lowest BCUT2D eigenvalue weighted by molar-refractivity contribution is -0.136. The van der Waals surface area contributed by atoms with Gasteiger partial charge in [0.1, 0.15) is 0 Å². The second kappa shape index (κ2) is 3.84. The number of rotatable bonds is 1. The highest BCUT2D eigenvalue weighted by atomic mass is 79.9. The lowest BCUT2D eigenvalue weighted by Gasteiger charge is -2.12. The minimum atomic E-state index is -4.56. The zero-order valence-electron chi connectivity index (χ0n) is 7.65. The summed E-state index contributed by atoms with van der Waals surface area (Å²) in [7, 11) is 0. The number of carbonyl (C=O) groups excluding carboxylic acids is 1. The molecular formula is C9H7BrF3NO. The van der Waals surface area contributed by atoms with Crippen molar-refractivity contribution < 1.29 is 18.0 Å². The Balaban J connectivity index is 3.45. The highest BCUT2D eigenvalue weighted by molar-refractivity contribution is 9.10. The van der Waals surface area contributed by atoms with E-state index in [4.69, 9.17) is 5.73 Å². The van der Waals surface area contributed by atoms with Gasteiger partial charge in [0.2, 0.25) is 0 Å². The van der Waals surface area contributed by atoms with E-state index in [0.29, 0.717) is 0 Å². The minimum Gasteiger partial charge on any atom is -0.397 e. The molecule has 0 spiro atoms. The Labute approximate surface area is 92.4 Å². The largest absolute Gasteiger partial charge is 0.418 e. The van der Waals surface area contributed by atoms with Crippen molar-refractivity contribution in [3.63, 3.8) is 0 Å². The van der Waals surface area contributed by atoms with Crippen LogP contribution in [0.1, 0.15) is 22.8 Å². The van der Waals surface area contributed by atoms with Crippen LogP contribution in [0, 0.1) is 0 Å². The van der Waals surface area contributed by atoms with Crippen molar-refractivity contribution in [2.24, 2.45) is 0 Å². The predicted octanol–water partition coefficient (Wildman–Crippen LogP) is 3.25. The number of Topliss-reactive ketones (excluding diaryl/α,β-unsaturated/α-hetero) is 1. The van der Waals surface area contributed by atoms with Crippen molar-refractivity contribution in [3.05, 3.63) is 27.7 Å². The molecule has 0 bridgehead atoms. The SMILES string of the molecule is CC(=O)c1cc(Br)c(N)c(C(F)(F)F)c1. The monoisotopic (exact) mass is 281 g/mol. The topological polar surface area (TPSA) is 43.1 Å². The summed E-state index contributed by atoms with van der Waals surface area (Å²) in [4.78, 5) is 11.0. The van der Waals surface area contributed by atoms with E-state index < -0.39 is 23.2 Å². The van der Waals surface area contributed by atoms with Crippen LogP contribution >= 0.6 is 15.9 Å². The first kappa shape index (κ1) is 12.0. The first-order valence-corrected chi connectivity index (χ1v) is 4.70. The summed E-state index contributed by atoms with van der Waals surface area (Å²) in [6.45, 7) is 1.19. The van der Waals surface area contributed by atoms with E-state index in [-0.39, 0.29) is 10.0 Å². The highest BCUT2D eigenvalue weighted by Gasteiger charge is 2.34. The van der Waals surface area contributed by atoms with Gasteiger partial charge in [-0.05, 0) is 35.0 Å². The Bertz CT molecular complexity index is 415. The van der Waals surface area contributed by atoms with Crippen LogP contribution in [-0.2, 0) is 6.18 Å². The lowest BCUT2D eigenvalue weighted by Crippen LogP contribution is -2.11. The summed E-state index contributed by atoms with van der Waals surface area (Å²) in [6, 6.07) is 2.02. The number of carbonyl (C=O) groups is 1. The number of nitrogens with two attached hydrogens (primary N) is 1. The summed E-state index contributed by atoms with van der Waals surface area (Å²) in [5.74, 6) is -0.443. The summed E-state index contributed by atoms with van der Waals surface area (Å²) >= 11 is 2.88. The predicted molar refractivity (Wildman–Crippen MR) is 53.6 cm³/mol. The van der Waals surface area contributed by atoms with Crippen LogP contribution in [0.4, 0.5) is 18.9 Å². The molecule has 1 aromatic carbocycles. The molecule has 0 saturated heterocycles. The molecule has 0 radical (unpaired) electrons. The van der Waals surface area contributed by atoms with Crippen molar-refractivity contribution in [2.45, 2.75) is 13.1 Å². The zero-order valence-corrected chi connectivity index (χ0v) is 9.24. The van der Waals surface area contributed by atoms with Crippen LogP contribution in [-0.4, -0.2) is 5.78 Å². The molecular weight excluding hydrogens is 275 g/mol. The van der Waals surface area contributed by atoms with Crippen LogP contribution < -0.4 is 5.73 Å². The van der Waals surface area contributed by atoms with Crippen molar-refractivity contribution in [1.82, 2.24) is 0 Å². The van der Waals surface area contributed by atoms with E-state index in [0.717, 1.165) is 6.07 Å². The number of nitrogen functional groups attached to an aromatic ring is 1. The Morgan fingerprint density at radius 2 is 1.93 bits per heavy atom. The number of benzene rings is 1. The van der Waals surface area contributed by atoms with E-state index in [2.05, 4.69) is 15.9 Å². The van der Waals surface area contributed by atoms with Crippen molar-refractivity contribution in [2.75, 3.05) is 5.73 Å². The summed E-state index contributed by atoms with van der Waals surface area (Å²) in [6.07, 6.45) is -4.56. The van der Waals surface area contributed by atoms with Gasteiger partial charge in [-0.2, -0.15) is 13.2 Å². The Morgan fingerprint density at radius 3 is 2.33 bits per heavy atom. The first-order chi connectivity index (χ1) is 6.73. The standard InChI is InChI=1S/C9H7BrF3NO/c1-4(15)5-2-6(9(11,12)13)8(14)7(10)3-5/h2-3H,14H2,1H3. The molecule has 1 rings (SSSR count). The second-order valence-electron chi connectivity index (χ2n) is 2.97. The molecule has 2 nitrogen and oxygen atoms in total. The molecule has 0 aliphatic rings. The molecule has 0 aliphatic carbocycles. The van der Waals surface area contributed by atoms with Gasteiger partial charge in [-0.3, -0.25) is 4.79 Å². The molecule has 6 heteroatoms. The van der Waals surface area contributed by atoms with Crippen LogP contribution in [0.25, 0.3) is 0 Å². The first-order valence-electron chi connectivity index (χ1n) is 3.90. The van der Waals surface area contributed by atoms with Crippen LogP contribution in [0.2, 0.25) is 0 Å². The number of ketones is 1. The fourth-order valence-corrected chi connectivity index (χ4v) is 1.52. The van der Waals surface area contributed by atoms with Crippen molar-refractivity contribution >= 4 is 27.4 Å². The molecule has 0 unspecified atom stereocenters. The number of anilines is 1. The lowest BCUT2D eigenvalue weighted by atomic mass is 10.1. The molecule has 0 aromatic heterocycles. The van der Waals surface area contributed by atoms with Crippen LogP contribution in [0.15, 0.2) is 16.6 Å². The fraction of sp³-hybridized carbons (Fsp3) is 0.222. The quantitative estimate of drug-likeness (QED) is 0.634. The van der Waals surface area contributed by atoms with Crippen molar-refractivity contribution in [1.29, 1.82) is 0 Å². The normalized spacial score (nSPS) is 11.5. The van der Waals surface area contributed by atoms with E-state index in [1.165, 1.54) is 13.0 Å². The van der Waals surface area contributed by atoms with Gasteiger partial charge in [0.05, 0.1) is 11.3 Å². The average Bonchev–Trinajstić information content (AvgIpc) is 2.06. The maximum absolute atomic E-state index is 12.5. The third kappa shape index (κ3) is 2.50. The Hall–Kier alpha value is -1.04. The third-order valence-corrected chi connectivity index (χ3v) is 2.50.